The summed E-state index contributed by atoms with van der Waals surface area (Å²) < 4.78 is 0. The molecule has 0 N–H and O–H groups in total. The van der Waals surface area contributed by atoms with E-state index < -0.39 is 0 Å². The summed E-state index contributed by atoms with van der Waals surface area (Å²) in [4.78, 5) is 27.3. The highest BCUT2D eigenvalue weighted by Crippen LogP contribution is 2.25. The molecule has 4 rings (SSSR count). The molecule has 1 aromatic heterocycles. The zero-order valence-electron chi connectivity index (χ0n) is 16.6. The lowest BCUT2D eigenvalue weighted by Gasteiger charge is -2.35. The molecule has 28 heavy (non-hydrogen) atoms. The van der Waals surface area contributed by atoms with Crippen LogP contribution in [0.3, 0.4) is 0 Å². The highest BCUT2D eigenvalue weighted by atomic mass is 16.2. The summed E-state index contributed by atoms with van der Waals surface area (Å²) in [6, 6.07) is 12.8. The van der Waals surface area contributed by atoms with Crippen molar-refractivity contribution in [3.05, 3.63) is 48.2 Å². The standard InChI is InChI=1S/C22H29N5O/c1-18(28)25-13-15-27(16-14-25)22-23-10-7-21(24-22)26-11-8-20(9-12-26)17-19-5-3-2-4-6-19/h2-7,10,20H,8-9,11-17H2,1H3. The van der Waals surface area contributed by atoms with Crippen LogP contribution in [-0.2, 0) is 11.2 Å². The largest absolute Gasteiger partial charge is 0.356 e. The molecule has 6 nitrogen and oxygen atoms in total. The Morgan fingerprint density at radius 2 is 1.68 bits per heavy atom. The fourth-order valence-corrected chi connectivity index (χ4v) is 4.20. The maximum absolute atomic E-state index is 11.5. The minimum Gasteiger partial charge on any atom is -0.356 e. The summed E-state index contributed by atoms with van der Waals surface area (Å²) >= 11 is 0. The average molecular weight is 380 g/mol. The number of nitrogens with zero attached hydrogens (tertiary/aromatic N) is 5. The topological polar surface area (TPSA) is 52.6 Å². The number of hydrogen-bond donors (Lipinski definition) is 0. The number of piperazine rings is 1. The van der Waals surface area contributed by atoms with E-state index in [1.165, 1.54) is 24.8 Å². The Balaban J connectivity index is 1.33. The smallest absolute Gasteiger partial charge is 0.227 e. The van der Waals surface area contributed by atoms with Crippen LogP contribution in [0.2, 0.25) is 0 Å². The predicted molar refractivity (Wildman–Crippen MR) is 112 cm³/mol. The summed E-state index contributed by atoms with van der Waals surface area (Å²) in [5.74, 6) is 2.71. The molecule has 1 aromatic carbocycles. The first-order valence-electron chi connectivity index (χ1n) is 10.3. The van der Waals surface area contributed by atoms with Gasteiger partial charge in [0.15, 0.2) is 0 Å². The van der Waals surface area contributed by atoms with Crippen LogP contribution in [0.4, 0.5) is 11.8 Å². The minimum atomic E-state index is 0.146. The van der Waals surface area contributed by atoms with Gasteiger partial charge in [0.1, 0.15) is 5.82 Å². The third-order valence-corrected chi connectivity index (χ3v) is 5.94. The molecule has 2 aliphatic rings. The molecule has 1 amide bonds. The first-order valence-corrected chi connectivity index (χ1v) is 10.3. The summed E-state index contributed by atoms with van der Waals surface area (Å²) in [6.45, 7) is 6.80. The van der Waals surface area contributed by atoms with E-state index in [4.69, 9.17) is 4.98 Å². The second kappa shape index (κ2) is 8.59. The van der Waals surface area contributed by atoms with Gasteiger partial charge in [0, 0.05) is 52.4 Å². The fourth-order valence-electron chi connectivity index (χ4n) is 4.20. The highest BCUT2D eigenvalue weighted by molar-refractivity contribution is 5.73. The van der Waals surface area contributed by atoms with Crippen LogP contribution in [0.5, 0.6) is 0 Å². The molecule has 0 bridgehead atoms. The molecular formula is C22H29N5O. The van der Waals surface area contributed by atoms with Crippen molar-refractivity contribution in [2.45, 2.75) is 26.2 Å². The second-order valence-corrected chi connectivity index (χ2v) is 7.83. The van der Waals surface area contributed by atoms with E-state index in [1.807, 2.05) is 17.2 Å². The Bertz CT molecular complexity index is 781. The van der Waals surface area contributed by atoms with Crippen LogP contribution in [0.1, 0.15) is 25.3 Å². The molecule has 2 saturated heterocycles. The number of rotatable bonds is 4. The van der Waals surface area contributed by atoms with E-state index in [-0.39, 0.29) is 5.91 Å². The van der Waals surface area contributed by atoms with Crippen LogP contribution >= 0.6 is 0 Å². The quantitative estimate of drug-likeness (QED) is 0.817. The van der Waals surface area contributed by atoms with E-state index in [9.17, 15) is 4.79 Å². The van der Waals surface area contributed by atoms with Crippen LogP contribution in [0.15, 0.2) is 42.6 Å². The van der Waals surface area contributed by atoms with Crippen LogP contribution in [-0.4, -0.2) is 60.0 Å². The number of benzene rings is 1. The Morgan fingerprint density at radius 3 is 2.36 bits per heavy atom. The minimum absolute atomic E-state index is 0.146. The van der Waals surface area contributed by atoms with Crippen molar-refractivity contribution in [1.29, 1.82) is 0 Å². The Hall–Kier alpha value is -2.63. The zero-order valence-corrected chi connectivity index (χ0v) is 16.6. The average Bonchev–Trinajstić information content (AvgIpc) is 2.75. The molecule has 0 atom stereocenters. The Morgan fingerprint density at radius 1 is 0.964 bits per heavy atom. The first-order chi connectivity index (χ1) is 13.7. The molecule has 2 aliphatic heterocycles. The normalized spacial score (nSPS) is 18.4. The number of anilines is 2. The summed E-state index contributed by atoms with van der Waals surface area (Å²) in [7, 11) is 0. The number of amides is 1. The third-order valence-electron chi connectivity index (χ3n) is 5.94. The third kappa shape index (κ3) is 4.43. The van der Waals surface area contributed by atoms with E-state index in [1.54, 1.807) is 6.92 Å². The molecular weight excluding hydrogens is 350 g/mol. The van der Waals surface area contributed by atoms with Crippen molar-refractivity contribution in [2.24, 2.45) is 5.92 Å². The molecule has 2 aromatic rings. The molecule has 0 radical (unpaired) electrons. The Kier molecular flexibility index (Phi) is 5.74. The van der Waals surface area contributed by atoms with Crippen molar-refractivity contribution in [2.75, 3.05) is 49.1 Å². The summed E-state index contributed by atoms with van der Waals surface area (Å²) in [5, 5.41) is 0. The van der Waals surface area contributed by atoms with Gasteiger partial charge in [-0.25, -0.2) is 4.98 Å². The summed E-state index contributed by atoms with van der Waals surface area (Å²) in [5.41, 5.74) is 1.44. The predicted octanol–water partition coefficient (Wildman–Crippen LogP) is 2.60. The van der Waals surface area contributed by atoms with Gasteiger partial charge in [0.2, 0.25) is 11.9 Å². The molecule has 2 fully saturated rings. The van der Waals surface area contributed by atoms with Gasteiger partial charge in [-0.1, -0.05) is 30.3 Å². The maximum atomic E-state index is 11.5. The molecule has 6 heteroatoms. The monoisotopic (exact) mass is 379 g/mol. The maximum Gasteiger partial charge on any atom is 0.227 e. The lowest BCUT2D eigenvalue weighted by Crippen LogP contribution is -2.48. The van der Waals surface area contributed by atoms with Gasteiger partial charge in [-0.2, -0.15) is 4.98 Å². The van der Waals surface area contributed by atoms with Gasteiger partial charge < -0.3 is 14.7 Å². The van der Waals surface area contributed by atoms with Gasteiger partial charge in [0.05, 0.1) is 0 Å². The van der Waals surface area contributed by atoms with Crippen molar-refractivity contribution in [1.82, 2.24) is 14.9 Å². The van der Waals surface area contributed by atoms with Crippen molar-refractivity contribution < 1.29 is 4.79 Å². The fraction of sp³-hybridized carbons (Fsp3) is 0.500. The van der Waals surface area contributed by atoms with Crippen molar-refractivity contribution in [3.8, 4) is 0 Å². The Labute approximate surface area is 167 Å². The number of aromatic nitrogens is 2. The van der Waals surface area contributed by atoms with Crippen LogP contribution in [0.25, 0.3) is 0 Å². The lowest BCUT2D eigenvalue weighted by molar-refractivity contribution is -0.129. The molecule has 3 heterocycles. The van der Waals surface area contributed by atoms with Gasteiger partial charge in [-0.3, -0.25) is 4.79 Å². The van der Waals surface area contributed by atoms with Crippen molar-refractivity contribution >= 4 is 17.7 Å². The van der Waals surface area contributed by atoms with Crippen molar-refractivity contribution in [3.63, 3.8) is 0 Å². The highest BCUT2D eigenvalue weighted by Gasteiger charge is 2.23. The number of piperidine rings is 1. The van der Waals surface area contributed by atoms with Gasteiger partial charge >= 0.3 is 0 Å². The second-order valence-electron chi connectivity index (χ2n) is 7.83. The lowest BCUT2D eigenvalue weighted by atomic mass is 9.90. The molecule has 0 saturated carbocycles. The number of hydrogen-bond acceptors (Lipinski definition) is 5. The van der Waals surface area contributed by atoms with Gasteiger partial charge in [0.25, 0.3) is 0 Å². The number of carbonyl (C=O) groups excluding carboxylic acids is 1. The van der Waals surface area contributed by atoms with Gasteiger partial charge in [-0.15, -0.1) is 0 Å². The first kappa shape index (κ1) is 18.7. The van der Waals surface area contributed by atoms with Crippen LogP contribution < -0.4 is 9.80 Å². The number of carbonyl (C=O) groups is 1. The van der Waals surface area contributed by atoms with Gasteiger partial charge in [-0.05, 0) is 36.8 Å². The summed E-state index contributed by atoms with van der Waals surface area (Å²) in [6.07, 6.45) is 5.44. The molecule has 0 unspecified atom stereocenters. The van der Waals surface area contributed by atoms with E-state index >= 15 is 0 Å². The zero-order chi connectivity index (χ0) is 19.3. The molecule has 0 spiro atoms. The van der Waals surface area contributed by atoms with E-state index in [2.05, 4.69) is 45.1 Å². The van der Waals surface area contributed by atoms with E-state index in [0.717, 1.165) is 57.0 Å². The van der Waals surface area contributed by atoms with Crippen LogP contribution in [0, 0.1) is 5.92 Å². The molecule has 148 valence electrons. The SMILES string of the molecule is CC(=O)N1CCN(c2nccc(N3CCC(Cc4ccccc4)CC3)n2)CC1. The van der Waals surface area contributed by atoms with E-state index in [0.29, 0.717) is 0 Å². The molecule has 0 aliphatic carbocycles.